The Morgan fingerprint density at radius 1 is 1.19 bits per heavy atom. The predicted molar refractivity (Wildman–Crippen MR) is 87.0 cm³/mol. The molecule has 1 heterocycles. The van der Waals surface area contributed by atoms with Crippen molar-refractivity contribution in [3.63, 3.8) is 0 Å². The topological polar surface area (TPSA) is 50.4 Å². The first-order valence-corrected chi connectivity index (χ1v) is 7.42. The molecule has 0 aliphatic carbocycles. The molecular formula is C16H25ClN2O2. The number of rotatable bonds is 6. The van der Waals surface area contributed by atoms with Gasteiger partial charge in [0.15, 0.2) is 0 Å². The molecule has 1 amide bonds. The third kappa shape index (κ3) is 4.43. The summed E-state index contributed by atoms with van der Waals surface area (Å²) in [5, 5.41) is 6.29. The van der Waals surface area contributed by atoms with Gasteiger partial charge in [0.2, 0.25) is 5.91 Å². The van der Waals surface area contributed by atoms with E-state index in [0.29, 0.717) is 19.8 Å². The third-order valence-electron chi connectivity index (χ3n) is 3.94. The number of ether oxygens (including phenoxy) is 1. The van der Waals surface area contributed by atoms with Gasteiger partial charge in [-0.25, -0.2) is 0 Å². The van der Waals surface area contributed by atoms with Crippen LogP contribution in [0.4, 0.5) is 0 Å². The fourth-order valence-corrected chi connectivity index (χ4v) is 2.73. The molecule has 4 nitrogen and oxygen atoms in total. The number of nitrogens with one attached hydrogen (secondary N) is 2. The van der Waals surface area contributed by atoms with E-state index in [9.17, 15) is 4.79 Å². The van der Waals surface area contributed by atoms with Crippen molar-refractivity contribution < 1.29 is 9.53 Å². The summed E-state index contributed by atoms with van der Waals surface area (Å²) < 4.78 is 5.45. The maximum Gasteiger partial charge on any atom is 0.230 e. The van der Waals surface area contributed by atoms with Gasteiger partial charge in [0.25, 0.3) is 0 Å². The summed E-state index contributed by atoms with van der Waals surface area (Å²) >= 11 is 0. The van der Waals surface area contributed by atoms with Crippen LogP contribution in [0, 0.1) is 0 Å². The van der Waals surface area contributed by atoms with Crippen LogP contribution in [-0.2, 0) is 14.9 Å². The van der Waals surface area contributed by atoms with Gasteiger partial charge in [0, 0.05) is 26.3 Å². The highest BCUT2D eigenvalue weighted by Crippen LogP contribution is 2.34. The second-order valence-electron chi connectivity index (χ2n) is 5.17. The first-order valence-electron chi connectivity index (χ1n) is 7.42. The first-order chi connectivity index (χ1) is 9.79. The summed E-state index contributed by atoms with van der Waals surface area (Å²) in [5.41, 5.74) is 0.676. The van der Waals surface area contributed by atoms with Crippen LogP contribution >= 0.6 is 12.4 Å². The highest BCUT2D eigenvalue weighted by atomic mass is 35.5. The van der Waals surface area contributed by atoms with E-state index in [-0.39, 0.29) is 18.3 Å². The average Bonchev–Trinajstić information content (AvgIpc) is 2.53. The Morgan fingerprint density at radius 3 is 2.48 bits per heavy atom. The van der Waals surface area contributed by atoms with Crippen LogP contribution in [0.3, 0.4) is 0 Å². The Labute approximate surface area is 133 Å². The molecule has 118 valence electrons. The molecule has 1 aliphatic heterocycles. The highest BCUT2D eigenvalue weighted by Gasteiger charge is 2.41. The van der Waals surface area contributed by atoms with Gasteiger partial charge in [-0.05, 0) is 24.9 Å². The van der Waals surface area contributed by atoms with Crippen LogP contribution in [-0.4, -0.2) is 38.8 Å². The molecule has 2 rings (SSSR count). The van der Waals surface area contributed by atoms with Crippen molar-refractivity contribution in [2.24, 2.45) is 0 Å². The lowest BCUT2D eigenvalue weighted by atomic mass is 9.73. The molecule has 0 unspecified atom stereocenters. The van der Waals surface area contributed by atoms with Crippen molar-refractivity contribution in [1.29, 1.82) is 0 Å². The van der Waals surface area contributed by atoms with E-state index in [1.807, 2.05) is 18.2 Å². The Bertz CT molecular complexity index is 420. The Morgan fingerprint density at radius 2 is 1.86 bits per heavy atom. The molecule has 0 atom stereocenters. The van der Waals surface area contributed by atoms with Gasteiger partial charge >= 0.3 is 0 Å². The number of likely N-dealkylation sites (N-methyl/N-ethyl adjacent to an activating group) is 1. The number of carbonyl (C=O) groups excluding carboxylic acids is 1. The van der Waals surface area contributed by atoms with Crippen LogP contribution in [0.15, 0.2) is 30.3 Å². The van der Waals surface area contributed by atoms with Crippen LogP contribution in [0.1, 0.15) is 25.3 Å². The van der Waals surface area contributed by atoms with E-state index in [0.717, 1.165) is 31.5 Å². The quantitative estimate of drug-likeness (QED) is 0.789. The number of amides is 1. The van der Waals surface area contributed by atoms with Crippen LogP contribution in [0.5, 0.6) is 0 Å². The van der Waals surface area contributed by atoms with Crippen molar-refractivity contribution >= 4 is 18.3 Å². The molecule has 1 aromatic rings. The van der Waals surface area contributed by atoms with Crippen molar-refractivity contribution in [2.45, 2.75) is 25.2 Å². The van der Waals surface area contributed by atoms with Gasteiger partial charge in [0.1, 0.15) is 0 Å². The summed E-state index contributed by atoms with van der Waals surface area (Å²) in [5.74, 6) is 0.130. The highest BCUT2D eigenvalue weighted by molar-refractivity contribution is 5.88. The smallest absolute Gasteiger partial charge is 0.230 e. The number of halogens is 1. The zero-order valence-corrected chi connectivity index (χ0v) is 13.4. The maximum absolute atomic E-state index is 12.7. The van der Waals surface area contributed by atoms with Crippen LogP contribution in [0.2, 0.25) is 0 Å². The fraction of sp³-hybridized carbons (Fsp3) is 0.562. The molecule has 21 heavy (non-hydrogen) atoms. The molecular weight excluding hydrogens is 288 g/mol. The molecule has 1 fully saturated rings. The Balaban J connectivity index is 0.00000220. The number of carbonyl (C=O) groups is 1. The predicted octanol–water partition coefficient (Wildman–Crippen LogP) is 1.88. The summed E-state index contributed by atoms with van der Waals surface area (Å²) in [6, 6.07) is 10.1. The van der Waals surface area contributed by atoms with Crippen molar-refractivity contribution in [3.8, 4) is 0 Å². The SMILES string of the molecule is CCNCCNC(=O)C1(c2ccccc2)CCOCC1.Cl. The van der Waals surface area contributed by atoms with Crippen molar-refractivity contribution in [2.75, 3.05) is 32.8 Å². The molecule has 2 N–H and O–H groups in total. The van der Waals surface area contributed by atoms with Gasteiger partial charge in [-0.2, -0.15) is 0 Å². The fourth-order valence-electron chi connectivity index (χ4n) is 2.73. The lowest BCUT2D eigenvalue weighted by molar-refractivity contribution is -0.130. The number of hydrogen-bond acceptors (Lipinski definition) is 3. The maximum atomic E-state index is 12.7. The van der Waals surface area contributed by atoms with Gasteiger partial charge in [-0.3, -0.25) is 4.79 Å². The summed E-state index contributed by atoms with van der Waals surface area (Å²) in [6.45, 7) is 5.76. The molecule has 0 radical (unpaired) electrons. The van der Waals surface area contributed by atoms with Gasteiger partial charge in [-0.1, -0.05) is 37.3 Å². The number of benzene rings is 1. The Kier molecular flexibility index (Phi) is 7.72. The molecule has 1 aromatic carbocycles. The molecule has 1 aliphatic rings. The minimum absolute atomic E-state index is 0. The second kappa shape index (κ2) is 9.03. The average molecular weight is 313 g/mol. The molecule has 1 saturated heterocycles. The van der Waals surface area contributed by atoms with E-state index < -0.39 is 5.41 Å². The van der Waals surface area contributed by atoms with Gasteiger partial charge < -0.3 is 15.4 Å². The second-order valence-corrected chi connectivity index (χ2v) is 5.17. The van der Waals surface area contributed by atoms with Crippen molar-refractivity contribution in [1.82, 2.24) is 10.6 Å². The zero-order valence-electron chi connectivity index (χ0n) is 12.6. The minimum atomic E-state index is -0.425. The lowest BCUT2D eigenvalue weighted by Gasteiger charge is -2.36. The lowest BCUT2D eigenvalue weighted by Crippen LogP contribution is -2.49. The van der Waals surface area contributed by atoms with Crippen molar-refractivity contribution in [3.05, 3.63) is 35.9 Å². The monoisotopic (exact) mass is 312 g/mol. The normalized spacial score (nSPS) is 16.8. The number of hydrogen-bond donors (Lipinski definition) is 2. The van der Waals surface area contributed by atoms with E-state index in [1.54, 1.807) is 0 Å². The van der Waals surface area contributed by atoms with Crippen LogP contribution < -0.4 is 10.6 Å². The summed E-state index contributed by atoms with van der Waals surface area (Å²) in [4.78, 5) is 12.7. The van der Waals surface area contributed by atoms with Crippen LogP contribution in [0.25, 0.3) is 0 Å². The van der Waals surface area contributed by atoms with E-state index in [4.69, 9.17) is 4.74 Å². The Hall–Kier alpha value is -1.10. The largest absolute Gasteiger partial charge is 0.381 e. The molecule has 0 bridgehead atoms. The molecule has 0 aromatic heterocycles. The van der Waals surface area contributed by atoms with E-state index in [2.05, 4.69) is 29.7 Å². The molecule has 0 saturated carbocycles. The van der Waals surface area contributed by atoms with E-state index >= 15 is 0 Å². The molecule has 5 heteroatoms. The van der Waals surface area contributed by atoms with Gasteiger partial charge in [0.05, 0.1) is 5.41 Å². The first kappa shape index (κ1) is 18.0. The minimum Gasteiger partial charge on any atom is -0.381 e. The standard InChI is InChI=1S/C16H24N2O2.ClH/c1-2-17-10-11-18-15(19)16(8-12-20-13-9-16)14-6-4-3-5-7-14;/h3-7,17H,2,8-13H2,1H3,(H,18,19);1H. The third-order valence-corrected chi connectivity index (χ3v) is 3.94. The zero-order chi connectivity index (χ0) is 14.3. The van der Waals surface area contributed by atoms with E-state index in [1.165, 1.54) is 0 Å². The summed E-state index contributed by atoms with van der Waals surface area (Å²) in [6.07, 6.45) is 1.51. The van der Waals surface area contributed by atoms with Gasteiger partial charge in [-0.15, -0.1) is 12.4 Å². The summed E-state index contributed by atoms with van der Waals surface area (Å²) in [7, 11) is 0. The molecule has 0 spiro atoms.